The summed E-state index contributed by atoms with van der Waals surface area (Å²) in [5, 5.41) is 15.7. The van der Waals surface area contributed by atoms with E-state index in [1.807, 2.05) is 0 Å². The predicted octanol–water partition coefficient (Wildman–Crippen LogP) is 0.900. The molecular formula is C10H17N5O. The zero-order valence-corrected chi connectivity index (χ0v) is 9.28. The molecule has 16 heavy (non-hydrogen) atoms. The van der Waals surface area contributed by atoms with Crippen LogP contribution >= 0.6 is 0 Å². The summed E-state index contributed by atoms with van der Waals surface area (Å²) in [6.45, 7) is 0.706. The van der Waals surface area contributed by atoms with E-state index in [-0.39, 0.29) is 11.7 Å². The van der Waals surface area contributed by atoms with Gasteiger partial charge in [-0.15, -0.1) is 10.2 Å². The fourth-order valence-corrected chi connectivity index (χ4v) is 2.20. The Balaban J connectivity index is 1.66. The van der Waals surface area contributed by atoms with Crippen LogP contribution in [0.25, 0.3) is 0 Å². The topological polar surface area (TPSA) is 83.6 Å². The van der Waals surface area contributed by atoms with Crippen molar-refractivity contribution in [3.05, 3.63) is 5.82 Å². The first kappa shape index (κ1) is 11.0. The number of hydrogen-bond donors (Lipinski definition) is 2. The van der Waals surface area contributed by atoms with Gasteiger partial charge in [0.1, 0.15) is 0 Å². The van der Waals surface area contributed by atoms with Crippen molar-refractivity contribution < 1.29 is 4.79 Å². The van der Waals surface area contributed by atoms with Gasteiger partial charge in [-0.25, -0.2) is 0 Å². The van der Waals surface area contributed by atoms with E-state index < -0.39 is 0 Å². The summed E-state index contributed by atoms with van der Waals surface area (Å²) in [4.78, 5) is 11.5. The lowest BCUT2D eigenvalue weighted by molar-refractivity contribution is 0.0940. The fraction of sp³-hybridized carbons (Fsp3) is 0.800. The van der Waals surface area contributed by atoms with Crippen LogP contribution in [0.15, 0.2) is 0 Å². The van der Waals surface area contributed by atoms with Crippen LogP contribution in [0.3, 0.4) is 0 Å². The molecule has 1 aromatic rings. The molecular weight excluding hydrogens is 206 g/mol. The Bertz CT molecular complexity index is 318. The molecule has 1 aromatic heterocycles. The highest BCUT2D eigenvalue weighted by Crippen LogP contribution is 2.25. The normalized spacial score (nSPS) is 17.2. The van der Waals surface area contributed by atoms with Gasteiger partial charge in [0.25, 0.3) is 11.7 Å². The van der Waals surface area contributed by atoms with Crippen molar-refractivity contribution in [2.45, 2.75) is 38.5 Å². The van der Waals surface area contributed by atoms with Gasteiger partial charge in [-0.1, -0.05) is 32.1 Å². The SMILES string of the molecule is O=C(NCCC1CCCCC1)c1nn[nH]n1. The predicted molar refractivity (Wildman–Crippen MR) is 57.7 cm³/mol. The first-order valence-corrected chi connectivity index (χ1v) is 5.88. The average Bonchev–Trinajstić information content (AvgIpc) is 2.84. The summed E-state index contributed by atoms with van der Waals surface area (Å²) in [5.74, 6) is 0.646. The molecule has 0 unspecified atom stereocenters. The first-order valence-electron chi connectivity index (χ1n) is 5.88. The Kier molecular flexibility index (Phi) is 3.85. The second-order valence-electron chi connectivity index (χ2n) is 4.28. The molecule has 1 fully saturated rings. The van der Waals surface area contributed by atoms with Gasteiger partial charge in [0.2, 0.25) is 0 Å². The van der Waals surface area contributed by atoms with Gasteiger partial charge in [0.15, 0.2) is 0 Å². The van der Waals surface area contributed by atoms with Crippen LogP contribution in [0.5, 0.6) is 0 Å². The van der Waals surface area contributed by atoms with Gasteiger partial charge in [-0.05, 0) is 17.6 Å². The number of rotatable bonds is 4. The van der Waals surface area contributed by atoms with E-state index in [2.05, 4.69) is 25.9 Å². The van der Waals surface area contributed by atoms with Crippen LogP contribution in [0.2, 0.25) is 0 Å². The molecule has 0 aliphatic heterocycles. The lowest BCUT2D eigenvalue weighted by atomic mass is 9.87. The van der Waals surface area contributed by atoms with Crippen molar-refractivity contribution >= 4 is 5.91 Å². The zero-order valence-electron chi connectivity index (χ0n) is 9.28. The molecule has 0 aromatic carbocycles. The summed E-state index contributed by atoms with van der Waals surface area (Å²) in [7, 11) is 0. The molecule has 0 radical (unpaired) electrons. The number of hydrogen-bond acceptors (Lipinski definition) is 4. The van der Waals surface area contributed by atoms with Gasteiger partial charge < -0.3 is 5.32 Å². The molecule has 2 rings (SSSR count). The minimum Gasteiger partial charge on any atom is -0.349 e. The van der Waals surface area contributed by atoms with Crippen LogP contribution in [0.4, 0.5) is 0 Å². The summed E-state index contributed by atoms with van der Waals surface area (Å²) < 4.78 is 0. The van der Waals surface area contributed by atoms with Crippen LogP contribution in [0, 0.1) is 5.92 Å². The van der Waals surface area contributed by atoms with Gasteiger partial charge in [0, 0.05) is 6.54 Å². The Hall–Kier alpha value is -1.46. The van der Waals surface area contributed by atoms with E-state index in [1.165, 1.54) is 32.1 Å². The van der Waals surface area contributed by atoms with Crippen molar-refractivity contribution in [3.63, 3.8) is 0 Å². The molecule has 1 aliphatic carbocycles. The number of tetrazole rings is 1. The van der Waals surface area contributed by atoms with Gasteiger partial charge in [-0.2, -0.15) is 5.21 Å². The largest absolute Gasteiger partial charge is 0.349 e. The Labute approximate surface area is 94.2 Å². The van der Waals surface area contributed by atoms with Crippen molar-refractivity contribution in [2.24, 2.45) is 5.92 Å². The summed E-state index contributed by atoms with van der Waals surface area (Å²) >= 11 is 0. The molecule has 88 valence electrons. The van der Waals surface area contributed by atoms with E-state index in [0.717, 1.165) is 12.3 Å². The number of carbonyl (C=O) groups excluding carboxylic acids is 1. The number of nitrogens with one attached hydrogen (secondary N) is 2. The molecule has 2 N–H and O–H groups in total. The van der Waals surface area contributed by atoms with Gasteiger partial charge in [-0.3, -0.25) is 4.79 Å². The molecule has 1 heterocycles. The third kappa shape index (κ3) is 3.01. The highest BCUT2D eigenvalue weighted by atomic mass is 16.2. The molecule has 6 heteroatoms. The maximum Gasteiger partial charge on any atom is 0.292 e. The Morgan fingerprint density at radius 3 is 2.88 bits per heavy atom. The van der Waals surface area contributed by atoms with Crippen molar-refractivity contribution in [1.82, 2.24) is 25.9 Å². The third-order valence-electron chi connectivity index (χ3n) is 3.11. The lowest BCUT2D eigenvalue weighted by Crippen LogP contribution is -2.27. The van der Waals surface area contributed by atoms with E-state index in [4.69, 9.17) is 0 Å². The first-order chi connectivity index (χ1) is 7.86. The zero-order chi connectivity index (χ0) is 11.2. The smallest absolute Gasteiger partial charge is 0.292 e. The van der Waals surface area contributed by atoms with Gasteiger partial charge in [0.05, 0.1) is 0 Å². The molecule has 1 amide bonds. The van der Waals surface area contributed by atoms with Crippen LogP contribution in [-0.2, 0) is 0 Å². The Morgan fingerprint density at radius 1 is 1.38 bits per heavy atom. The van der Waals surface area contributed by atoms with Crippen LogP contribution in [-0.4, -0.2) is 33.1 Å². The average molecular weight is 223 g/mol. The maximum atomic E-state index is 11.5. The number of aromatic amines is 1. The summed E-state index contributed by atoms with van der Waals surface area (Å²) in [6.07, 6.45) is 7.71. The summed E-state index contributed by atoms with van der Waals surface area (Å²) in [6, 6.07) is 0. The number of amides is 1. The second-order valence-corrected chi connectivity index (χ2v) is 4.28. The van der Waals surface area contributed by atoms with Gasteiger partial charge >= 0.3 is 0 Å². The molecule has 0 spiro atoms. The van der Waals surface area contributed by atoms with Crippen molar-refractivity contribution in [1.29, 1.82) is 0 Å². The standard InChI is InChI=1S/C10H17N5O/c16-10(9-12-14-15-13-9)11-7-6-8-4-2-1-3-5-8/h8H,1-7H2,(H,11,16)(H,12,13,14,15). The van der Waals surface area contributed by atoms with E-state index in [0.29, 0.717) is 6.54 Å². The minimum atomic E-state index is -0.246. The van der Waals surface area contributed by atoms with Crippen LogP contribution in [0.1, 0.15) is 49.1 Å². The highest BCUT2D eigenvalue weighted by molar-refractivity contribution is 5.89. The Morgan fingerprint density at radius 2 is 2.19 bits per heavy atom. The number of H-pyrrole nitrogens is 1. The second kappa shape index (κ2) is 5.58. The van der Waals surface area contributed by atoms with Crippen molar-refractivity contribution in [3.8, 4) is 0 Å². The third-order valence-corrected chi connectivity index (χ3v) is 3.11. The lowest BCUT2D eigenvalue weighted by Gasteiger charge is -2.21. The van der Waals surface area contributed by atoms with Crippen molar-refractivity contribution in [2.75, 3.05) is 6.54 Å². The van der Waals surface area contributed by atoms with E-state index in [9.17, 15) is 4.79 Å². The number of carbonyl (C=O) groups is 1. The molecule has 6 nitrogen and oxygen atoms in total. The van der Waals surface area contributed by atoms with E-state index >= 15 is 0 Å². The van der Waals surface area contributed by atoms with Crippen LogP contribution < -0.4 is 5.32 Å². The molecule has 0 atom stereocenters. The molecule has 1 saturated carbocycles. The quantitative estimate of drug-likeness (QED) is 0.794. The molecule has 0 bridgehead atoms. The summed E-state index contributed by atoms with van der Waals surface area (Å²) in [5.41, 5.74) is 0. The molecule has 0 saturated heterocycles. The fourth-order valence-electron chi connectivity index (χ4n) is 2.20. The number of aromatic nitrogens is 4. The monoisotopic (exact) mass is 223 g/mol. The van der Waals surface area contributed by atoms with E-state index in [1.54, 1.807) is 0 Å². The minimum absolute atomic E-state index is 0.114. The highest BCUT2D eigenvalue weighted by Gasteiger charge is 2.14. The molecule has 1 aliphatic rings. The number of nitrogens with zero attached hydrogens (tertiary/aromatic N) is 3. The maximum absolute atomic E-state index is 11.5.